The molecule has 0 aromatic rings. The average Bonchev–Trinajstić information content (AvgIpc) is 2.86. The molecule has 210 valence electrons. The van der Waals surface area contributed by atoms with Gasteiger partial charge in [-0.15, -0.1) is 0 Å². The van der Waals surface area contributed by atoms with Gasteiger partial charge in [0.1, 0.15) is 0 Å². The van der Waals surface area contributed by atoms with Crippen molar-refractivity contribution >= 4 is 21.8 Å². The van der Waals surface area contributed by atoms with Crippen LogP contribution in [-0.4, -0.2) is 29.2 Å². The van der Waals surface area contributed by atoms with Gasteiger partial charge in [0, 0.05) is 24.8 Å². The Labute approximate surface area is 230 Å². The standard InChI is InChI=1S/C32H64BrNO/c1-3-5-7-9-11-13-15-17-22-26-30-34(32(35)28-24-20-19-21-25-29-33)31-27-23-18-16-14-12-10-8-6-4-2/h3-31H2,1-2H3. The quantitative estimate of drug-likeness (QED) is 0.0660. The highest BCUT2D eigenvalue weighted by Crippen LogP contribution is 2.14. The third-order valence-corrected chi connectivity index (χ3v) is 8.00. The predicted octanol–water partition coefficient (Wildman–Crippen LogP) is 11.4. The van der Waals surface area contributed by atoms with E-state index in [1.54, 1.807) is 0 Å². The number of carbonyl (C=O) groups is 1. The van der Waals surface area contributed by atoms with E-state index in [9.17, 15) is 4.79 Å². The van der Waals surface area contributed by atoms with Gasteiger partial charge in [-0.2, -0.15) is 0 Å². The van der Waals surface area contributed by atoms with E-state index in [2.05, 4.69) is 34.7 Å². The van der Waals surface area contributed by atoms with Crippen molar-refractivity contribution < 1.29 is 4.79 Å². The number of hydrogen-bond donors (Lipinski definition) is 0. The van der Waals surface area contributed by atoms with Gasteiger partial charge in [0.15, 0.2) is 0 Å². The van der Waals surface area contributed by atoms with Gasteiger partial charge < -0.3 is 4.90 Å². The normalized spacial score (nSPS) is 11.3. The van der Waals surface area contributed by atoms with Crippen LogP contribution in [0.15, 0.2) is 0 Å². The number of nitrogens with zero attached hydrogens (tertiary/aromatic N) is 1. The van der Waals surface area contributed by atoms with E-state index < -0.39 is 0 Å². The van der Waals surface area contributed by atoms with Crippen molar-refractivity contribution in [2.45, 2.75) is 181 Å². The van der Waals surface area contributed by atoms with E-state index in [4.69, 9.17) is 0 Å². The van der Waals surface area contributed by atoms with Crippen LogP contribution >= 0.6 is 15.9 Å². The largest absolute Gasteiger partial charge is 0.343 e. The predicted molar refractivity (Wildman–Crippen MR) is 162 cm³/mol. The molecule has 0 heterocycles. The van der Waals surface area contributed by atoms with E-state index in [0.29, 0.717) is 5.91 Å². The Morgan fingerprint density at radius 1 is 0.457 bits per heavy atom. The van der Waals surface area contributed by atoms with Gasteiger partial charge in [-0.1, -0.05) is 165 Å². The van der Waals surface area contributed by atoms with Crippen molar-refractivity contribution in [1.29, 1.82) is 0 Å². The molecule has 0 aromatic heterocycles. The van der Waals surface area contributed by atoms with Crippen LogP contribution in [0, 0.1) is 0 Å². The minimum absolute atomic E-state index is 0.428. The summed E-state index contributed by atoms with van der Waals surface area (Å²) in [4.78, 5) is 15.2. The first-order valence-corrected chi connectivity index (χ1v) is 17.2. The zero-order valence-corrected chi connectivity index (χ0v) is 25.8. The summed E-state index contributed by atoms with van der Waals surface area (Å²) in [5, 5.41) is 1.11. The number of halogens is 1. The minimum Gasteiger partial charge on any atom is -0.343 e. The van der Waals surface area contributed by atoms with Crippen LogP contribution in [0.5, 0.6) is 0 Å². The van der Waals surface area contributed by atoms with Crippen LogP contribution in [0.2, 0.25) is 0 Å². The summed E-state index contributed by atoms with van der Waals surface area (Å²) in [6, 6.07) is 0. The summed E-state index contributed by atoms with van der Waals surface area (Å²) in [5.74, 6) is 0.428. The molecule has 0 fully saturated rings. The first kappa shape index (κ1) is 35.0. The smallest absolute Gasteiger partial charge is 0.222 e. The SMILES string of the molecule is CCCCCCCCCCCCN(CCCCCCCCCCCC)C(=O)CCCCCCCBr. The second-order valence-electron chi connectivity index (χ2n) is 11.0. The Bertz CT molecular complexity index is 390. The van der Waals surface area contributed by atoms with E-state index in [1.807, 2.05) is 0 Å². The summed E-state index contributed by atoms with van der Waals surface area (Å²) in [5.41, 5.74) is 0. The van der Waals surface area contributed by atoms with Gasteiger partial charge in [0.05, 0.1) is 0 Å². The monoisotopic (exact) mass is 557 g/mol. The Balaban J connectivity index is 4.01. The highest BCUT2D eigenvalue weighted by Gasteiger charge is 2.12. The van der Waals surface area contributed by atoms with E-state index in [0.717, 1.165) is 31.3 Å². The van der Waals surface area contributed by atoms with E-state index in [1.165, 1.54) is 154 Å². The number of amides is 1. The zero-order valence-electron chi connectivity index (χ0n) is 24.2. The molecule has 0 rings (SSSR count). The number of carbonyl (C=O) groups excluding carboxylic acids is 1. The molecule has 0 unspecified atom stereocenters. The molecule has 0 saturated heterocycles. The molecule has 0 atom stereocenters. The lowest BCUT2D eigenvalue weighted by atomic mass is 10.1. The second kappa shape index (κ2) is 30.2. The van der Waals surface area contributed by atoms with Gasteiger partial charge in [0.2, 0.25) is 5.91 Å². The van der Waals surface area contributed by atoms with Crippen molar-refractivity contribution in [1.82, 2.24) is 4.90 Å². The molecule has 0 spiro atoms. The van der Waals surface area contributed by atoms with Crippen molar-refractivity contribution in [2.75, 3.05) is 18.4 Å². The van der Waals surface area contributed by atoms with Gasteiger partial charge in [0.25, 0.3) is 0 Å². The molecule has 0 N–H and O–H groups in total. The molecule has 35 heavy (non-hydrogen) atoms. The summed E-state index contributed by atoms with van der Waals surface area (Å²) in [6.45, 7) is 6.57. The maximum absolute atomic E-state index is 12.9. The van der Waals surface area contributed by atoms with Gasteiger partial charge in [-0.3, -0.25) is 4.79 Å². The first-order valence-electron chi connectivity index (χ1n) is 16.1. The van der Waals surface area contributed by atoms with Crippen LogP contribution in [0.3, 0.4) is 0 Å². The van der Waals surface area contributed by atoms with Gasteiger partial charge in [-0.25, -0.2) is 0 Å². The summed E-state index contributed by atoms with van der Waals surface area (Å²) >= 11 is 3.51. The summed E-state index contributed by atoms with van der Waals surface area (Å²) in [7, 11) is 0. The number of hydrogen-bond acceptors (Lipinski definition) is 1. The van der Waals surface area contributed by atoms with E-state index >= 15 is 0 Å². The Hall–Kier alpha value is -0.0500. The van der Waals surface area contributed by atoms with Crippen molar-refractivity contribution in [3.8, 4) is 0 Å². The van der Waals surface area contributed by atoms with Crippen molar-refractivity contribution in [3.05, 3.63) is 0 Å². The zero-order chi connectivity index (χ0) is 25.7. The molecular formula is C32H64BrNO. The highest BCUT2D eigenvalue weighted by molar-refractivity contribution is 9.09. The highest BCUT2D eigenvalue weighted by atomic mass is 79.9. The van der Waals surface area contributed by atoms with Gasteiger partial charge in [-0.05, 0) is 25.7 Å². The number of unbranched alkanes of at least 4 members (excludes halogenated alkanes) is 22. The van der Waals surface area contributed by atoms with E-state index in [-0.39, 0.29) is 0 Å². The lowest BCUT2D eigenvalue weighted by molar-refractivity contribution is -0.131. The van der Waals surface area contributed by atoms with Crippen LogP contribution < -0.4 is 0 Å². The summed E-state index contributed by atoms with van der Waals surface area (Å²) in [6.07, 6.45) is 34.1. The molecule has 0 saturated carbocycles. The minimum atomic E-state index is 0.428. The molecule has 0 aliphatic heterocycles. The molecule has 0 aliphatic rings. The molecule has 0 aliphatic carbocycles. The average molecular weight is 559 g/mol. The topological polar surface area (TPSA) is 20.3 Å². The number of rotatable bonds is 29. The Morgan fingerprint density at radius 2 is 0.771 bits per heavy atom. The van der Waals surface area contributed by atoms with Crippen LogP contribution in [0.1, 0.15) is 181 Å². The van der Waals surface area contributed by atoms with Crippen molar-refractivity contribution in [2.24, 2.45) is 0 Å². The van der Waals surface area contributed by atoms with Crippen molar-refractivity contribution in [3.63, 3.8) is 0 Å². The van der Waals surface area contributed by atoms with Crippen LogP contribution in [-0.2, 0) is 4.79 Å². The fraction of sp³-hybridized carbons (Fsp3) is 0.969. The Morgan fingerprint density at radius 3 is 1.14 bits per heavy atom. The first-order chi connectivity index (χ1) is 17.3. The third kappa shape index (κ3) is 26.8. The molecular weight excluding hydrogens is 494 g/mol. The van der Waals surface area contributed by atoms with Crippen LogP contribution in [0.4, 0.5) is 0 Å². The molecule has 0 radical (unpaired) electrons. The maximum atomic E-state index is 12.9. The molecule has 1 amide bonds. The Kier molecular flexibility index (Phi) is 30.1. The third-order valence-electron chi connectivity index (χ3n) is 7.44. The molecule has 3 heteroatoms. The molecule has 0 aromatic carbocycles. The molecule has 0 bridgehead atoms. The lowest BCUT2D eigenvalue weighted by Gasteiger charge is -2.23. The van der Waals surface area contributed by atoms with Gasteiger partial charge >= 0.3 is 0 Å². The lowest BCUT2D eigenvalue weighted by Crippen LogP contribution is -2.32. The maximum Gasteiger partial charge on any atom is 0.222 e. The van der Waals surface area contributed by atoms with Crippen LogP contribution in [0.25, 0.3) is 0 Å². The second-order valence-corrected chi connectivity index (χ2v) is 11.7. The fourth-order valence-electron chi connectivity index (χ4n) is 5.00. The number of alkyl halides is 1. The summed E-state index contributed by atoms with van der Waals surface area (Å²) < 4.78 is 0. The fourth-order valence-corrected chi connectivity index (χ4v) is 5.40. The molecule has 2 nitrogen and oxygen atoms in total.